The third-order valence-corrected chi connectivity index (χ3v) is 7.20. The van der Waals surface area contributed by atoms with E-state index in [4.69, 9.17) is 3.97 Å². The summed E-state index contributed by atoms with van der Waals surface area (Å²) in [6, 6.07) is 23.8. The average Bonchev–Trinajstić information content (AvgIpc) is 2.67. The average molecular weight is 410 g/mol. The van der Waals surface area contributed by atoms with Crippen LogP contribution in [-0.4, -0.2) is 13.9 Å². The minimum absolute atomic E-state index is 0.365. The van der Waals surface area contributed by atoms with Crippen molar-refractivity contribution in [2.24, 2.45) is 0 Å². The van der Waals surface area contributed by atoms with E-state index < -0.39 is 23.8 Å². The molecule has 3 aromatic rings. The highest BCUT2D eigenvalue weighted by atomic mass is 32.2. The van der Waals surface area contributed by atoms with E-state index in [1.807, 2.05) is 6.07 Å². The Kier molecular flexibility index (Phi) is 5.65. The van der Waals surface area contributed by atoms with Crippen LogP contribution >= 0.6 is 8.15 Å². The van der Waals surface area contributed by atoms with Crippen molar-refractivity contribution in [2.45, 2.75) is 5.51 Å². The molecule has 0 aromatic heterocycles. The van der Waals surface area contributed by atoms with Gasteiger partial charge in [-0.25, -0.2) is 3.97 Å². The van der Waals surface area contributed by atoms with Gasteiger partial charge in [0.25, 0.3) is 0 Å². The van der Waals surface area contributed by atoms with Crippen molar-refractivity contribution in [1.29, 1.82) is 0 Å². The SMILES string of the molecule is O=S(=O)(OP(c1ccccc1)c1ccccc1-c1ccccc1)C(F)(F)F. The minimum Gasteiger partial charge on any atom is -0.231 e. The lowest BCUT2D eigenvalue weighted by molar-refractivity contribution is -0.0496. The third-order valence-electron chi connectivity index (χ3n) is 3.65. The Hall–Kier alpha value is -2.21. The molecule has 0 saturated carbocycles. The van der Waals surface area contributed by atoms with Crippen LogP contribution in [0, 0.1) is 0 Å². The first-order valence-corrected chi connectivity index (χ1v) is 10.5. The van der Waals surface area contributed by atoms with E-state index >= 15 is 0 Å². The smallest absolute Gasteiger partial charge is 0.231 e. The molecule has 0 saturated heterocycles. The number of alkyl halides is 3. The molecule has 0 aliphatic carbocycles. The van der Waals surface area contributed by atoms with E-state index in [0.717, 1.165) is 5.56 Å². The normalized spacial score (nSPS) is 13.3. The summed E-state index contributed by atoms with van der Waals surface area (Å²) < 4.78 is 67.0. The summed E-state index contributed by atoms with van der Waals surface area (Å²) in [5.74, 6) is 0. The van der Waals surface area contributed by atoms with E-state index in [2.05, 4.69) is 0 Å². The van der Waals surface area contributed by atoms with Crippen molar-refractivity contribution in [3.05, 3.63) is 84.9 Å². The molecule has 3 rings (SSSR count). The zero-order valence-electron chi connectivity index (χ0n) is 13.8. The van der Waals surface area contributed by atoms with Gasteiger partial charge in [-0.1, -0.05) is 84.9 Å². The van der Waals surface area contributed by atoms with Gasteiger partial charge in [0.2, 0.25) is 0 Å². The van der Waals surface area contributed by atoms with Gasteiger partial charge in [-0.15, -0.1) is 0 Å². The second-order valence-corrected chi connectivity index (χ2v) is 9.04. The molecule has 0 fully saturated rings. The fraction of sp³-hybridized carbons (Fsp3) is 0.0526. The molecule has 0 heterocycles. The van der Waals surface area contributed by atoms with Crippen molar-refractivity contribution < 1.29 is 25.6 Å². The molecule has 0 spiro atoms. The molecule has 0 radical (unpaired) electrons. The van der Waals surface area contributed by atoms with E-state index in [1.165, 1.54) is 0 Å². The van der Waals surface area contributed by atoms with E-state index in [9.17, 15) is 21.6 Å². The first-order valence-electron chi connectivity index (χ1n) is 7.80. The van der Waals surface area contributed by atoms with Crippen LogP contribution in [0.5, 0.6) is 0 Å². The minimum atomic E-state index is -5.76. The highest BCUT2D eigenvalue weighted by molar-refractivity contribution is 7.93. The molecule has 0 aliphatic heterocycles. The number of rotatable bonds is 5. The first kappa shape index (κ1) is 19.5. The molecule has 27 heavy (non-hydrogen) atoms. The Labute approximate surface area is 156 Å². The lowest BCUT2D eigenvalue weighted by atomic mass is 10.1. The molecule has 1 unspecified atom stereocenters. The van der Waals surface area contributed by atoms with Gasteiger partial charge in [-0.05, 0) is 11.1 Å². The topological polar surface area (TPSA) is 43.4 Å². The van der Waals surface area contributed by atoms with Gasteiger partial charge in [0.1, 0.15) is 8.15 Å². The van der Waals surface area contributed by atoms with Crippen molar-refractivity contribution in [3.8, 4) is 11.1 Å². The Morgan fingerprint density at radius 3 is 1.85 bits per heavy atom. The van der Waals surface area contributed by atoms with Crippen LogP contribution in [0.3, 0.4) is 0 Å². The van der Waals surface area contributed by atoms with Gasteiger partial charge in [0.15, 0.2) is 0 Å². The Balaban J connectivity index is 2.16. The molecule has 1 atom stereocenters. The number of hydrogen-bond acceptors (Lipinski definition) is 3. The summed E-state index contributed by atoms with van der Waals surface area (Å²) in [7, 11) is -8.02. The molecule has 0 amide bonds. The van der Waals surface area contributed by atoms with E-state index in [0.29, 0.717) is 16.2 Å². The van der Waals surface area contributed by atoms with Crippen molar-refractivity contribution >= 4 is 28.9 Å². The number of halogens is 3. The fourth-order valence-electron chi connectivity index (χ4n) is 2.44. The lowest BCUT2D eigenvalue weighted by Gasteiger charge is -2.21. The molecule has 3 nitrogen and oxygen atoms in total. The van der Waals surface area contributed by atoms with Crippen LogP contribution in [-0.2, 0) is 14.1 Å². The molecular formula is C19H14F3O3PS. The van der Waals surface area contributed by atoms with E-state index in [1.54, 1.807) is 78.9 Å². The molecular weight excluding hydrogens is 396 g/mol. The molecule has 140 valence electrons. The van der Waals surface area contributed by atoms with Crippen LogP contribution in [0.15, 0.2) is 84.9 Å². The summed E-state index contributed by atoms with van der Waals surface area (Å²) in [6.07, 6.45) is 0. The zero-order chi connectivity index (χ0) is 19.5. The summed E-state index contributed by atoms with van der Waals surface area (Å²) in [5, 5.41) is 0.751. The maximum atomic E-state index is 12.9. The highest BCUT2D eigenvalue weighted by Crippen LogP contribution is 2.43. The summed E-state index contributed by atoms with van der Waals surface area (Å²) in [6.45, 7) is 0. The summed E-state index contributed by atoms with van der Waals surface area (Å²) in [4.78, 5) is 0. The Bertz CT molecular complexity index is 1010. The van der Waals surface area contributed by atoms with Crippen molar-refractivity contribution in [2.75, 3.05) is 0 Å². The zero-order valence-corrected chi connectivity index (χ0v) is 15.5. The Morgan fingerprint density at radius 2 is 1.26 bits per heavy atom. The van der Waals surface area contributed by atoms with Gasteiger partial charge in [0, 0.05) is 10.6 Å². The third kappa shape index (κ3) is 4.38. The summed E-state index contributed by atoms with van der Waals surface area (Å²) >= 11 is 0. The largest absolute Gasteiger partial charge is 0.523 e. The molecule has 3 aromatic carbocycles. The predicted molar refractivity (Wildman–Crippen MR) is 101 cm³/mol. The second-order valence-electron chi connectivity index (χ2n) is 5.49. The summed E-state index contributed by atoms with van der Waals surface area (Å²) in [5.41, 5.74) is -4.13. The van der Waals surface area contributed by atoms with Gasteiger partial charge in [0.05, 0.1) is 0 Å². The van der Waals surface area contributed by atoms with Gasteiger partial charge < -0.3 is 0 Å². The van der Waals surface area contributed by atoms with Crippen molar-refractivity contribution in [3.63, 3.8) is 0 Å². The lowest BCUT2D eigenvalue weighted by Crippen LogP contribution is -2.27. The van der Waals surface area contributed by atoms with Gasteiger partial charge in [-0.3, -0.25) is 0 Å². The standard InChI is InChI=1S/C19H14F3O3PS/c20-19(21,22)27(23,24)25-26(16-11-5-2-6-12-16)18-14-8-7-13-17(18)15-9-3-1-4-10-15/h1-14H. The van der Waals surface area contributed by atoms with Crippen LogP contribution < -0.4 is 10.6 Å². The monoisotopic (exact) mass is 410 g/mol. The Morgan fingerprint density at radius 1 is 0.741 bits per heavy atom. The van der Waals surface area contributed by atoms with Crippen LogP contribution in [0.2, 0.25) is 0 Å². The van der Waals surface area contributed by atoms with Crippen LogP contribution in [0.4, 0.5) is 13.2 Å². The van der Waals surface area contributed by atoms with Crippen molar-refractivity contribution in [1.82, 2.24) is 0 Å². The molecule has 0 N–H and O–H groups in total. The second kappa shape index (κ2) is 7.80. The molecule has 8 heteroatoms. The fourth-order valence-corrected chi connectivity index (χ4v) is 5.59. The quantitative estimate of drug-likeness (QED) is 0.457. The number of benzene rings is 3. The van der Waals surface area contributed by atoms with E-state index in [-0.39, 0.29) is 0 Å². The van der Waals surface area contributed by atoms with Gasteiger partial charge in [-0.2, -0.15) is 21.6 Å². The first-order chi connectivity index (χ1) is 12.8. The van der Waals surface area contributed by atoms with Crippen LogP contribution in [0.25, 0.3) is 11.1 Å². The highest BCUT2D eigenvalue weighted by Gasteiger charge is 2.49. The predicted octanol–water partition coefficient (Wildman–Crippen LogP) is 4.57. The maximum Gasteiger partial charge on any atom is 0.523 e. The molecule has 0 aliphatic rings. The number of hydrogen-bond donors (Lipinski definition) is 0. The maximum absolute atomic E-state index is 12.9. The van der Waals surface area contributed by atoms with Gasteiger partial charge >= 0.3 is 15.6 Å². The molecule has 0 bridgehead atoms. The van der Waals surface area contributed by atoms with Crippen LogP contribution in [0.1, 0.15) is 0 Å².